The summed E-state index contributed by atoms with van der Waals surface area (Å²) >= 11 is 0. The van der Waals surface area contributed by atoms with E-state index < -0.39 is 5.97 Å². The Hall–Kier alpha value is -2.69. The molecule has 1 aliphatic carbocycles. The summed E-state index contributed by atoms with van der Waals surface area (Å²) in [6.07, 6.45) is 5.45. The maximum absolute atomic E-state index is 12.2. The van der Waals surface area contributed by atoms with Crippen LogP contribution in [0, 0.1) is 0 Å². The average molecular weight is 310 g/mol. The second kappa shape index (κ2) is 6.20. The summed E-state index contributed by atoms with van der Waals surface area (Å²) in [5.74, 6) is -0.834. The number of carbonyl (C=O) groups excluding carboxylic acids is 1. The van der Waals surface area contributed by atoms with Crippen molar-refractivity contribution >= 4 is 17.4 Å². The molecule has 3 rings (SSSR count). The van der Waals surface area contributed by atoms with Crippen LogP contribution in [0.25, 0.3) is 0 Å². The Morgan fingerprint density at radius 1 is 1.30 bits per heavy atom. The van der Waals surface area contributed by atoms with E-state index in [1.54, 1.807) is 36.7 Å². The molecular formula is C18H18N2O3. The summed E-state index contributed by atoms with van der Waals surface area (Å²) in [4.78, 5) is 27.8. The van der Waals surface area contributed by atoms with Gasteiger partial charge in [0.1, 0.15) is 0 Å². The molecule has 1 atom stereocenters. The molecule has 23 heavy (non-hydrogen) atoms. The number of aromatic nitrogens is 1. The van der Waals surface area contributed by atoms with Crippen molar-refractivity contribution < 1.29 is 14.7 Å². The number of nitrogens with one attached hydrogen (secondary N) is 1. The largest absolute Gasteiger partial charge is 0.478 e. The molecule has 1 heterocycles. The van der Waals surface area contributed by atoms with Crippen molar-refractivity contribution in [3.05, 3.63) is 58.9 Å². The van der Waals surface area contributed by atoms with Gasteiger partial charge in [0.15, 0.2) is 5.78 Å². The molecule has 2 N–H and O–H groups in total. The number of carboxylic acid groups (broad SMARTS) is 1. The van der Waals surface area contributed by atoms with Gasteiger partial charge in [-0.3, -0.25) is 9.78 Å². The summed E-state index contributed by atoms with van der Waals surface area (Å²) < 4.78 is 0. The van der Waals surface area contributed by atoms with Gasteiger partial charge in [0.25, 0.3) is 0 Å². The van der Waals surface area contributed by atoms with Gasteiger partial charge in [-0.05, 0) is 30.5 Å². The highest BCUT2D eigenvalue weighted by molar-refractivity contribution is 6.02. The smallest absolute Gasteiger partial charge is 0.337 e. The fraction of sp³-hybridized carbons (Fsp3) is 0.278. The number of carboxylic acids is 1. The van der Waals surface area contributed by atoms with Crippen LogP contribution in [-0.4, -0.2) is 21.8 Å². The fourth-order valence-corrected chi connectivity index (χ4v) is 3.07. The number of aryl methyl sites for hydroxylation is 1. The quantitative estimate of drug-likeness (QED) is 0.884. The van der Waals surface area contributed by atoms with Crippen molar-refractivity contribution in [1.82, 2.24) is 4.98 Å². The van der Waals surface area contributed by atoms with Gasteiger partial charge in [-0.1, -0.05) is 19.1 Å². The van der Waals surface area contributed by atoms with Crippen molar-refractivity contribution in [2.75, 3.05) is 5.32 Å². The Bertz CT molecular complexity index is 771. The topological polar surface area (TPSA) is 79.3 Å². The molecule has 1 unspecified atom stereocenters. The number of anilines is 1. The monoisotopic (exact) mass is 310 g/mol. The summed E-state index contributed by atoms with van der Waals surface area (Å²) in [5, 5.41) is 12.6. The maximum atomic E-state index is 12.2. The van der Waals surface area contributed by atoms with Gasteiger partial charge in [0.05, 0.1) is 11.6 Å². The number of para-hydroxylation sites is 1. The molecule has 0 amide bonds. The first kappa shape index (κ1) is 15.2. The van der Waals surface area contributed by atoms with Crippen LogP contribution in [-0.2, 0) is 6.42 Å². The minimum atomic E-state index is -0.976. The Balaban J connectivity index is 1.98. The lowest BCUT2D eigenvalue weighted by Gasteiger charge is -2.21. The van der Waals surface area contributed by atoms with Gasteiger partial charge in [-0.15, -0.1) is 0 Å². The summed E-state index contributed by atoms with van der Waals surface area (Å²) in [7, 11) is 0. The normalized spacial score (nSPS) is 14.4. The highest BCUT2D eigenvalue weighted by atomic mass is 16.4. The van der Waals surface area contributed by atoms with Crippen molar-refractivity contribution in [2.45, 2.75) is 32.2 Å². The SMILES string of the molecule is CCC(Nc1ccccc1C(=O)O)c1cncc2c1C(=O)CC2. The van der Waals surface area contributed by atoms with Crippen molar-refractivity contribution in [3.8, 4) is 0 Å². The van der Waals surface area contributed by atoms with Crippen LogP contribution in [0.3, 0.4) is 0 Å². The molecule has 0 saturated carbocycles. The molecule has 1 aromatic heterocycles. The number of aromatic carboxylic acids is 1. The zero-order valence-electron chi connectivity index (χ0n) is 12.9. The Morgan fingerprint density at radius 2 is 2.09 bits per heavy atom. The third kappa shape index (κ3) is 2.82. The Kier molecular flexibility index (Phi) is 4.10. The van der Waals surface area contributed by atoms with Gasteiger partial charge in [-0.2, -0.15) is 0 Å². The second-order valence-electron chi connectivity index (χ2n) is 5.64. The van der Waals surface area contributed by atoms with Crippen molar-refractivity contribution in [1.29, 1.82) is 0 Å². The van der Waals surface area contributed by atoms with Gasteiger partial charge >= 0.3 is 5.97 Å². The fourth-order valence-electron chi connectivity index (χ4n) is 3.07. The van der Waals surface area contributed by atoms with Gasteiger partial charge in [0.2, 0.25) is 0 Å². The first-order valence-corrected chi connectivity index (χ1v) is 7.70. The van der Waals surface area contributed by atoms with Gasteiger partial charge in [0, 0.05) is 35.6 Å². The highest BCUT2D eigenvalue weighted by Crippen LogP contribution is 2.32. The molecule has 0 aliphatic heterocycles. The number of rotatable bonds is 5. The molecule has 2 aromatic rings. The first-order valence-electron chi connectivity index (χ1n) is 7.70. The van der Waals surface area contributed by atoms with Crippen LogP contribution in [0.1, 0.15) is 57.7 Å². The number of nitrogens with zero attached hydrogens (tertiary/aromatic N) is 1. The van der Waals surface area contributed by atoms with Crippen molar-refractivity contribution in [3.63, 3.8) is 0 Å². The molecule has 0 saturated heterocycles. The number of ketones is 1. The number of Topliss-reactive ketones (excluding diaryl/α,β-unsaturated/α-hetero) is 1. The number of carbonyl (C=O) groups is 2. The van der Waals surface area contributed by atoms with Crippen LogP contribution in [0.4, 0.5) is 5.69 Å². The number of hydrogen-bond acceptors (Lipinski definition) is 4. The van der Waals surface area contributed by atoms with E-state index in [1.807, 2.05) is 6.92 Å². The molecule has 1 aliphatic rings. The predicted molar refractivity (Wildman–Crippen MR) is 86.9 cm³/mol. The minimum absolute atomic E-state index is 0.143. The lowest BCUT2D eigenvalue weighted by atomic mass is 9.97. The third-order valence-electron chi connectivity index (χ3n) is 4.22. The van der Waals surface area contributed by atoms with Crippen LogP contribution in [0.5, 0.6) is 0 Å². The zero-order chi connectivity index (χ0) is 16.4. The lowest BCUT2D eigenvalue weighted by molar-refractivity contribution is 0.0697. The average Bonchev–Trinajstić information content (AvgIpc) is 2.94. The molecule has 5 heteroatoms. The highest BCUT2D eigenvalue weighted by Gasteiger charge is 2.27. The first-order chi connectivity index (χ1) is 11.1. The standard InChI is InChI=1S/C18H18N2O3/c1-2-14(20-15-6-4-3-5-12(15)18(22)23)13-10-19-9-11-7-8-16(21)17(11)13/h3-6,9-10,14,20H,2,7-8H2,1H3,(H,22,23). The molecular weight excluding hydrogens is 292 g/mol. The maximum Gasteiger partial charge on any atom is 0.337 e. The molecule has 0 fully saturated rings. The predicted octanol–water partition coefficient (Wildman–Crippen LogP) is 3.47. The summed E-state index contributed by atoms with van der Waals surface area (Å²) in [6, 6.07) is 6.64. The van der Waals surface area contributed by atoms with E-state index in [0.29, 0.717) is 12.1 Å². The number of pyridine rings is 1. The van der Waals surface area contributed by atoms with Crippen LogP contribution < -0.4 is 5.32 Å². The Labute approximate surface area is 134 Å². The van der Waals surface area contributed by atoms with Crippen LogP contribution in [0.2, 0.25) is 0 Å². The van der Waals surface area contributed by atoms with E-state index in [2.05, 4.69) is 10.3 Å². The molecule has 0 spiro atoms. The Morgan fingerprint density at radius 3 is 2.83 bits per heavy atom. The molecule has 5 nitrogen and oxygen atoms in total. The molecule has 1 aromatic carbocycles. The number of benzene rings is 1. The number of fused-ring (bicyclic) bond motifs is 1. The van der Waals surface area contributed by atoms with E-state index >= 15 is 0 Å². The van der Waals surface area contributed by atoms with Crippen LogP contribution in [0.15, 0.2) is 36.7 Å². The minimum Gasteiger partial charge on any atom is -0.478 e. The molecule has 0 bridgehead atoms. The van der Waals surface area contributed by atoms with Gasteiger partial charge < -0.3 is 10.4 Å². The van der Waals surface area contributed by atoms with Crippen molar-refractivity contribution in [2.24, 2.45) is 0 Å². The van der Waals surface area contributed by atoms with Crippen LogP contribution >= 0.6 is 0 Å². The summed E-state index contributed by atoms with van der Waals surface area (Å²) in [6.45, 7) is 2.00. The van der Waals surface area contributed by atoms with E-state index in [0.717, 1.165) is 29.5 Å². The van der Waals surface area contributed by atoms with E-state index in [4.69, 9.17) is 0 Å². The molecule has 0 radical (unpaired) electrons. The van der Waals surface area contributed by atoms with E-state index in [-0.39, 0.29) is 17.4 Å². The third-order valence-corrected chi connectivity index (χ3v) is 4.22. The summed E-state index contributed by atoms with van der Waals surface area (Å²) in [5.41, 5.74) is 3.37. The van der Waals surface area contributed by atoms with E-state index in [9.17, 15) is 14.7 Å². The molecule has 118 valence electrons. The van der Waals surface area contributed by atoms with E-state index in [1.165, 1.54) is 0 Å². The number of hydrogen-bond donors (Lipinski definition) is 2. The zero-order valence-corrected chi connectivity index (χ0v) is 12.9. The second-order valence-corrected chi connectivity index (χ2v) is 5.64. The van der Waals surface area contributed by atoms with Gasteiger partial charge in [-0.25, -0.2) is 4.79 Å². The lowest BCUT2D eigenvalue weighted by Crippen LogP contribution is -2.16.